The molecule has 0 saturated heterocycles. The van der Waals surface area contributed by atoms with Gasteiger partial charge in [-0.25, -0.2) is 0 Å². The van der Waals surface area contributed by atoms with E-state index in [-0.39, 0.29) is 12.4 Å². The zero-order valence-corrected chi connectivity index (χ0v) is 12.1. The van der Waals surface area contributed by atoms with Crippen molar-refractivity contribution in [3.8, 4) is 11.1 Å². The largest absolute Gasteiger partial charge is 0.330 e. The normalized spacial score (nSPS) is 20.7. The van der Waals surface area contributed by atoms with Gasteiger partial charge < -0.3 is 5.73 Å². The number of rotatable bonds is 3. The minimum atomic E-state index is 0. The fourth-order valence-corrected chi connectivity index (χ4v) is 2.72. The van der Waals surface area contributed by atoms with E-state index in [0.29, 0.717) is 11.8 Å². The van der Waals surface area contributed by atoms with Crippen LogP contribution in [0.4, 0.5) is 0 Å². The number of hydrogen-bond acceptors (Lipinski definition) is 1. The molecule has 1 fully saturated rings. The van der Waals surface area contributed by atoms with E-state index < -0.39 is 0 Å². The van der Waals surface area contributed by atoms with Gasteiger partial charge in [0.25, 0.3) is 0 Å². The molecular formula is C16H17Cl2N. The molecule has 2 N–H and O–H groups in total. The highest BCUT2D eigenvalue weighted by molar-refractivity contribution is 6.30. The summed E-state index contributed by atoms with van der Waals surface area (Å²) in [6.45, 7) is 0.798. The van der Waals surface area contributed by atoms with E-state index in [2.05, 4.69) is 30.3 Å². The van der Waals surface area contributed by atoms with Crippen LogP contribution in [0.25, 0.3) is 11.1 Å². The summed E-state index contributed by atoms with van der Waals surface area (Å²) in [4.78, 5) is 0. The van der Waals surface area contributed by atoms with E-state index in [1.807, 2.05) is 18.2 Å². The Bertz CT molecular complexity index is 568. The van der Waals surface area contributed by atoms with Crippen LogP contribution in [0.3, 0.4) is 0 Å². The van der Waals surface area contributed by atoms with Crippen LogP contribution in [0.2, 0.25) is 5.02 Å². The summed E-state index contributed by atoms with van der Waals surface area (Å²) in [7, 11) is 0. The first-order valence-electron chi connectivity index (χ1n) is 6.34. The topological polar surface area (TPSA) is 26.0 Å². The number of halogens is 2. The third-order valence-electron chi connectivity index (χ3n) is 3.70. The number of hydrogen-bond donors (Lipinski definition) is 1. The molecule has 1 saturated carbocycles. The van der Waals surface area contributed by atoms with Crippen LogP contribution in [-0.4, -0.2) is 6.54 Å². The van der Waals surface area contributed by atoms with Gasteiger partial charge in [0.2, 0.25) is 0 Å². The number of nitrogens with two attached hydrogens (primary N) is 1. The molecule has 2 unspecified atom stereocenters. The van der Waals surface area contributed by atoms with E-state index in [1.54, 1.807) is 0 Å². The Morgan fingerprint density at radius 1 is 1.05 bits per heavy atom. The Balaban J connectivity index is 0.00000133. The lowest BCUT2D eigenvalue weighted by Crippen LogP contribution is -2.01. The summed E-state index contributed by atoms with van der Waals surface area (Å²) in [6, 6.07) is 16.7. The first kappa shape index (κ1) is 14.4. The van der Waals surface area contributed by atoms with Gasteiger partial charge in [-0.15, -0.1) is 12.4 Å². The Kier molecular flexibility index (Phi) is 4.51. The van der Waals surface area contributed by atoms with Gasteiger partial charge in [-0.2, -0.15) is 0 Å². The summed E-state index contributed by atoms with van der Waals surface area (Å²) in [6.07, 6.45) is 1.23. The quantitative estimate of drug-likeness (QED) is 0.886. The molecule has 19 heavy (non-hydrogen) atoms. The summed E-state index contributed by atoms with van der Waals surface area (Å²) in [5, 5.41) is 0.782. The Morgan fingerprint density at radius 3 is 2.37 bits per heavy atom. The Hall–Kier alpha value is -1.02. The zero-order valence-electron chi connectivity index (χ0n) is 10.6. The highest BCUT2D eigenvalue weighted by Gasteiger charge is 2.36. The van der Waals surface area contributed by atoms with Gasteiger partial charge in [-0.3, -0.25) is 0 Å². The molecule has 3 heteroatoms. The fraction of sp³-hybridized carbons (Fsp3) is 0.250. The Morgan fingerprint density at radius 2 is 1.74 bits per heavy atom. The fourth-order valence-electron chi connectivity index (χ4n) is 2.53. The lowest BCUT2D eigenvalue weighted by Gasteiger charge is -2.05. The lowest BCUT2D eigenvalue weighted by atomic mass is 10.0. The molecule has 0 aliphatic heterocycles. The van der Waals surface area contributed by atoms with Crippen LogP contribution in [0, 0.1) is 5.92 Å². The third kappa shape index (κ3) is 3.11. The van der Waals surface area contributed by atoms with Crippen molar-refractivity contribution in [3.63, 3.8) is 0 Å². The van der Waals surface area contributed by atoms with Crippen molar-refractivity contribution >= 4 is 24.0 Å². The molecule has 2 atom stereocenters. The molecule has 0 amide bonds. The molecule has 0 spiro atoms. The minimum Gasteiger partial charge on any atom is -0.330 e. The monoisotopic (exact) mass is 293 g/mol. The van der Waals surface area contributed by atoms with Crippen molar-refractivity contribution in [2.75, 3.05) is 6.54 Å². The van der Waals surface area contributed by atoms with Crippen LogP contribution in [0.15, 0.2) is 48.5 Å². The molecule has 2 aromatic rings. The number of benzene rings is 2. The first-order chi connectivity index (χ1) is 8.78. The van der Waals surface area contributed by atoms with E-state index in [9.17, 15) is 0 Å². The predicted molar refractivity (Wildman–Crippen MR) is 84.0 cm³/mol. The minimum absolute atomic E-state index is 0. The molecular weight excluding hydrogens is 277 g/mol. The van der Waals surface area contributed by atoms with E-state index in [1.165, 1.54) is 23.1 Å². The molecule has 3 rings (SSSR count). The third-order valence-corrected chi connectivity index (χ3v) is 3.93. The summed E-state index contributed by atoms with van der Waals surface area (Å²) in [5.74, 6) is 1.34. The predicted octanol–water partition coefficient (Wildman–Crippen LogP) is 4.49. The molecule has 1 aliphatic rings. The highest BCUT2D eigenvalue weighted by Crippen LogP contribution is 2.47. The molecule has 1 aliphatic carbocycles. The zero-order chi connectivity index (χ0) is 12.5. The van der Waals surface area contributed by atoms with Crippen molar-refractivity contribution < 1.29 is 0 Å². The molecule has 0 bridgehead atoms. The van der Waals surface area contributed by atoms with Crippen LogP contribution in [0.5, 0.6) is 0 Å². The van der Waals surface area contributed by atoms with E-state index in [4.69, 9.17) is 17.3 Å². The van der Waals surface area contributed by atoms with Crippen molar-refractivity contribution in [2.24, 2.45) is 11.7 Å². The van der Waals surface area contributed by atoms with E-state index >= 15 is 0 Å². The van der Waals surface area contributed by atoms with Gasteiger partial charge in [0.1, 0.15) is 0 Å². The van der Waals surface area contributed by atoms with Crippen molar-refractivity contribution in [2.45, 2.75) is 12.3 Å². The smallest absolute Gasteiger partial charge is 0.0412 e. The van der Waals surface area contributed by atoms with Crippen LogP contribution in [0.1, 0.15) is 17.9 Å². The molecule has 2 aromatic carbocycles. The maximum absolute atomic E-state index is 6.04. The second kappa shape index (κ2) is 5.96. The Labute approximate surface area is 125 Å². The standard InChI is InChI=1S/C16H16ClN.ClH/c17-15-6-2-4-12(8-15)11-3-1-5-13(7-11)16-9-14(16)10-18;/h1-8,14,16H,9-10,18H2;1H. The van der Waals surface area contributed by atoms with Crippen LogP contribution >= 0.6 is 24.0 Å². The maximum Gasteiger partial charge on any atom is 0.0412 e. The highest BCUT2D eigenvalue weighted by atomic mass is 35.5. The van der Waals surface area contributed by atoms with Crippen molar-refractivity contribution in [1.29, 1.82) is 0 Å². The van der Waals surface area contributed by atoms with Crippen LogP contribution in [-0.2, 0) is 0 Å². The average molecular weight is 294 g/mol. The summed E-state index contributed by atoms with van der Waals surface area (Å²) < 4.78 is 0. The first-order valence-corrected chi connectivity index (χ1v) is 6.71. The summed E-state index contributed by atoms with van der Waals surface area (Å²) >= 11 is 6.04. The average Bonchev–Trinajstić information content (AvgIpc) is 3.18. The SMILES string of the molecule is Cl.NCC1CC1c1cccc(-c2cccc(Cl)c2)c1. The van der Waals surface area contributed by atoms with Gasteiger partial charge in [-0.1, -0.05) is 48.0 Å². The van der Waals surface area contributed by atoms with E-state index in [0.717, 1.165) is 11.6 Å². The lowest BCUT2D eigenvalue weighted by molar-refractivity contribution is 0.810. The molecule has 0 aromatic heterocycles. The van der Waals surface area contributed by atoms with Crippen LogP contribution < -0.4 is 5.73 Å². The molecule has 0 radical (unpaired) electrons. The second-order valence-corrected chi connectivity index (χ2v) is 5.41. The maximum atomic E-state index is 6.04. The van der Waals surface area contributed by atoms with Crippen molar-refractivity contribution in [1.82, 2.24) is 0 Å². The van der Waals surface area contributed by atoms with Gasteiger partial charge >= 0.3 is 0 Å². The van der Waals surface area contributed by atoms with Gasteiger partial charge in [0, 0.05) is 5.02 Å². The molecule has 1 nitrogen and oxygen atoms in total. The van der Waals surface area contributed by atoms with Gasteiger partial charge in [0.05, 0.1) is 0 Å². The second-order valence-electron chi connectivity index (χ2n) is 4.97. The summed E-state index contributed by atoms with van der Waals surface area (Å²) in [5.41, 5.74) is 9.53. The van der Waals surface area contributed by atoms with Gasteiger partial charge in [-0.05, 0) is 53.6 Å². The van der Waals surface area contributed by atoms with Crippen molar-refractivity contribution in [3.05, 3.63) is 59.1 Å². The van der Waals surface area contributed by atoms with Gasteiger partial charge in [0.15, 0.2) is 0 Å². The molecule has 0 heterocycles. The molecule has 100 valence electrons.